The van der Waals surface area contributed by atoms with Gasteiger partial charge in [-0.1, -0.05) is 69.4 Å². The molecule has 0 heterocycles. The highest BCUT2D eigenvalue weighted by atomic mass is 16.5. The van der Waals surface area contributed by atoms with Crippen LogP contribution in [0.5, 0.6) is 0 Å². The molecule has 0 atom stereocenters. The number of nitrogens with one attached hydrogen (secondary N) is 2. The van der Waals surface area contributed by atoms with E-state index in [0.717, 1.165) is 24.1 Å². The third-order valence-electron chi connectivity index (χ3n) is 4.64. The molecule has 0 bridgehead atoms. The number of anilines is 1. The molecule has 0 aromatic heterocycles. The fourth-order valence-corrected chi connectivity index (χ4v) is 2.91. The molecule has 0 aliphatic carbocycles. The molecule has 0 aliphatic heterocycles. The summed E-state index contributed by atoms with van der Waals surface area (Å²) in [6.07, 6.45) is 7.00. The molecule has 0 saturated carbocycles. The number of amides is 1. The smallest absolute Gasteiger partial charge is 0.325 e. The molecule has 0 radical (unpaired) electrons. The van der Waals surface area contributed by atoms with Gasteiger partial charge in [-0.3, -0.25) is 9.59 Å². The van der Waals surface area contributed by atoms with Crippen molar-refractivity contribution >= 4 is 17.6 Å². The SMILES string of the molecule is CCCCCCCCOC(=O)CNc1ccc(C(=O)NCc2ccccc2)cc1. The molecular weight excluding hydrogens is 364 g/mol. The minimum absolute atomic E-state index is 0.120. The Morgan fingerprint density at radius 1 is 0.862 bits per heavy atom. The first kappa shape index (κ1) is 22.5. The molecule has 156 valence electrons. The van der Waals surface area contributed by atoms with Crippen molar-refractivity contribution in [3.05, 3.63) is 65.7 Å². The Hall–Kier alpha value is -2.82. The third-order valence-corrected chi connectivity index (χ3v) is 4.64. The van der Waals surface area contributed by atoms with Crippen LogP contribution in [-0.2, 0) is 16.1 Å². The second kappa shape index (κ2) is 13.4. The van der Waals surface area contributed by atoms with Crippen LogP contribution in [0, 0.1) is 0 Å². The summed E-state index contributed by atoms with van der Waals surface area (Å²) in [6.45, 7) is 3.29. The lowest BCUT2D eigenvalue weighted by Gasteiger charge is -2.09. The zero-order valence-electron chi connectivity index (χ0n) is 17.3. The number of hydrogen-bond acceptors (Lipinski definition) is 4. The molecule has 0 spiro atoms. The standard InChI is InChI=1S/C24H32N2O3/c1-2-3-4-5-6-10-17-29-23(27)19-25-22-15-13-21(14-16-22)24(28)26-18-20-11-8-7-9-12-20/h7-9,11-16,25H,2-6,10,17-19H2,1H3,(H,26,28). The van der Waals surface area contributed by atoms with E-state index in [4.69, 9.17) is 4.74 Å². The van der Waals surface area contributed by atoms with Crippen molar-refractivity contribution in [3.63, 3.8) is 0 Å². The zero-order chi connectivity index (χ0) is 20.7. The van der Waals surface area contributed by atoms with Crippen molar-refractivity contribution in [3.8, 4) is 0 Å². The van der Waals surface area contributed by atoms with Gasteiger partial charge >= 0.3 is 5.97 Å². The van der Waals surface area contributed by atoms with Gasteiger partial charge in [0.2, 0.25) is 0 Å². The number of unbranched alkanes of at least 4 members (excludes halogenated alkanes) is 5. The number of carbonyl (C=O) groups excluding carboxylic acids is 2. The summed E-state index contributed by atoms with van der Waals surface area (Å²) < 4.78 is 5.24. The maximum absolute atomic E-state index is 12.2. The van der Waals surface area contributed by atoms with Crippen LogP contribution in [0.4, 0.5) is 5.69 Å². The monoisotopic (exact) mass is 396 g/mol. The van der Waals surface area contributed by atoms with E-state index < -0.39 is 0 Å². The van der Waals surface area contributed by atoms with Crippen molar-refractivity contribution in [2.24, 2.45) is 0 Å². The lowest BCUT2D eigenvalue weighted by atomic mass is 10.1. The second-order valence-corrected chi connectivity index (χ2v) is 7.09. The van der Waals surface area contributed by atoms with Gasteiger partial charge in [-0.05, 0) is 36.2 Å². The Kier molecular flexibility index (Phi) is 10.4. The Labute approximate surface area is 173 Å². The number of ether oxygens (including phenoxy) is 1. The molecule has 2 N–H and O–H groups in total. The minimum Gasteiger partial charge on any atom is -0.464 e. The highest BCUT2D eigenvalue weighted by Crippen LogP contribution is 2.10. The molecule has 0 fully saturated rings. The fraction of sp³-hybridized carbons (Fsp3) is 0.417. The molecule has 0 saturated heterocycles. The van der Waals surface area contributed by atoms with Gasteiger partial charge in [-0.25, -0.2) is 0 Å². The average Bonchev–Trinajstić information content (AvgIpc) is 2.76. The van der Waals surface area contributed by atoms with Crippen LogP contribution in [0.1, 0.15) is 61.4 Å². The number of rotatable bonds is 13. The third kappa shape index (κ3) is 9.28. The summed E-state index contributed by atoms with van der Waals surface area (Å²) in [7, 11) is 0. The lowest BCUT2D eigenvalue weighted by Crippen LogP contribution is -2.22. The quantitative estimate of drug-likeness (QED) is 0.372. The van der Waals surface area contributed by atoms with E-state index in [-0.39, 0.29) is 18.4 Å². The number of esters is 1. The Morgan fingerprint density at radius 2 is 1.55 bits per heavy atom. The normalized spacial score (nSPS) is 10.4. The van der Waals surface area contributed by atoms with E-state index in [1.807, 2.05) is 30.3 Å². The van der Waals surface area contributed by atoms with E-state index in [2.05, 4.69) is 17.6 Å². The molecule has 1 amide bonds. The van der Waals surface area contributed by atoms with Crippen LogP contribution in [-0.4, -0.2) is 25.0 Å². The maximum atomic E-state index is 12.2. The van der Waals surface area contributed by atoms with Gasteiger partial charge in [0.05, 0.1) is 6.61 Å². The first-order chi connectivity index (χ1) is 14.2. The molecule has 2 rings (SSSR count). The van der Waals surface area contributed by atoms with Crippen LogP contribution in [0.2, 0.25) is 0 Å². The number of hydrogen-bond donors (Lipinski definition) is 2. The van der Waals surface area contributed by atoms with Crippen LogP contribution in [0.15, 0.2) is 54.6 Å². The summed E-state index contributed by atoms with van der Waals surface area (Å²) in [5.74, 6) is -0.387. The van der Waals surface area contributed by atoms with Gasteiger partial charge in [0.25, 0.3) is 5.91 Å². The molecule has 0 aliphatic rings. The van der Waals surface area contributed by atoms with Gasteiger partial charge < -0.3 is 15.4 Å². The van der Waals surface area contributed by atoms with E-state index in [0.29, 0.717) is 18.7 Å². The Balaban J connectivity index is 1.62. The first-order valence-corrected chi connectivity index (χ1v) is 10.5. The van der Waals surface area contributed by atoms with Crippen molar-refractivity contribution in [2.45, 2.75) is 52.0 Å². The summed E-state index contributed by atoms with van der Waals surface area (Å²) in [6, 6.07) is 16.8. The van der Waals surface area contributed by atoms with E-state index in [1.165, 1.54) is 25.7 Å². The van der Waals surface area contributed by atoms with Crippen molar-refractivity contribution in [2.75, 3.05) is 18.5 Å². The zero-order valence-corrected chi connectivity index (χ0v) is 17.3. The average molecular weight is 397 g/mol. The van der Waals surface area contributed by atoms with Gasteiger partial charge in [0.15, 0.2) is 0 Å². The summed E-state index contributed by atoms with van der Waals surface area (Å²) in [5.41, 5.74) is 2.41. The summed E-state index contributed by atoms with van der Waals surface area (Å²) >= 11 is 0. The van der Waals surface area contributed by atoms with Gasteiger partial charge in [-0.2, -0.15) is 0 Å². The number of benzene rings is 2. The van der Waals surface area contributed by atoms with Crippen molar-refractivity contribution in [1.29, 1.82) is 0 Å². The highest BCUT2D eigenvalue weighted by Gasteiger charge is 2.06. The van der Waals surface area contributed by atoms with Crippen LogP contribution in [0.3, 0.4) is 0 Å². The van der Waals surface area contributed by atoms with Gasteiger partial charge in [-0.15, -0.1) is 0 Å². The van der Waals surface area contributed by atoms with Gasteiger partial charge in [0, 0.05) is 17.8 Å². The van der Waals surface area contributed by atoms with Crippen LogP contribution in [0.25, 0.3) is 0 Å². The summed E-state index contributed by atoms with van der Waals surface area (Å²) in [4.78, 5) is 24.0. The van der Waals surface area contributed by atoms with Crippen molar-refractivity contribution < 1.29 is 14.3 Å². The fourth-order valence-electron chi connectivity index (χ4n) is 2.91. The van der Waals surface area contributed by atoms with Crippen LogP contribution >= 0.6 is 0 Å². The predicted molar refractivity (Wildman–Crippen MR) is 117 cm³/mol. The topological polar surface area (TPSA) is 67.4 Å². The molecule has 2 aromatic carbocycles. The largest absolute Gasteiger partial charge is 0.464 e. The second-order valence-electron chi connectivity index (χ2n) is 7.09. The molecule has 5 heteroatoms. The van der Waals surface area contributed by atoms with E-state index >= 15 is 0 Å². The molecule has 2 aromatic rings. The first-order valence-electron chi connectivity index (χ1n) is 10.5. The predicted octanol–water partition coefficient (Wildman–Crippen LogP) is 4.93. The Bertz CT molecular complexity index is 730. The van der Waals surface area contributed by atoms with Crippen molar-refractivity contribution in [1.82, 2.24) is 5.32 Å². The number of carbonyl (C=O) groups is 2. The maximum Gasteiger partial charge on any atom is 0.325 e. The Morgan fingerprint density at radius 3 is 2.28 bits per heavy atom. The van der Waals surface area contributed by atoms with E-state index in [9.17, 15) is 9.59 Å². The molecule has 5 nitrogen and oxygen atoms in total. The molecular formula is C24H32N2O3. The molecule has 0 unspecified atom stereocenters. The molecule has 29 heavy (non-hydrogen) atoms. The summed E-state index contributed by atoms with van der Waals surface area (Å²) in [5, 5.41) is 5.93. The highest BCUT2D eigenvalue weighted by molar-refractivity contribution is 5.94. The van der Waals surface area contributed by atoms with Gasteiger partial charge in [0.1, 0.15) is 6.54 Å². The lowest BCUT2D eigenvalue weighted by molar-refractivity contribution is -0.141. The minimum atomic E-state index is -0.261. The van der Waals surface area contributed by atoms with Crippen LogP contribution < -0.4 is 10.6 Å². The van der Waals surface area contributed by atoms with E-state index in [1.54, 1.807) is 24.3 Å².